The molecule has 6 heteroatoms. The molecular weight excluding hydrogens is 268 g/mol. The van der Waals surface area contributed by atoms with Gasteiger partial charge in [-0.25, -0.2) is 4.39 Å². The Morgan fingerprint density at radius 2 is 2.29 bits per heavy atom. The van der Waals surface area contributed by atoms with Gasteiger partial charge in [-0.2, -0.15) is 0 Å². The van der Waals surface area contributed by atoms with E-state index in [0.29, 0.717) is 0 Å². The number of amides is 1. The van der Waals surface area contributed by atoms with Crippen LogP contribution in [0.4, 0.5) is 10.1 Å². The molecule has 0 aliphatic rings. The van der Waals surface area contributed by atoms with Crippen molar-refractivity contribution >= 4 is 34.8 Å². The van der Waals surface area contributed by atoms with Crippen LogP contribution in [0.25, 0.3) is 0 Å². The molecule has 1 aromatic carbocycles. The van der Waals surface area contributed by atoms with Crippen LogP contribution >= 0.6 is 23.2 Å². The number of alkyl halides is 1. The fourth-order valence-electron chi connectivity index (χ4n) is 1.04. The van der Waals surface area contributed by atoms with Gasteiger partial charge in [-0.15, -0.1) is 18.0 Å². The number of terminal acetylenes is 1. The lowest BCUT2D eigenvalue weighted by atomic mass is 10.3. The number of hydrogen-bond donors (Lipinski definition) is 1. The third-order valence-corrected chi connectivity index (χ3v) is 2.27. The van der Waals surface area contributed by atoms with E-state index in [1.807, 2.05) is 0 Å². The lowest BCUT2D eigenvalue weighted by Gasteiger charge is -2.09. The summed E-state index contributed by atoms with van der Waals surface area (Å²) in [5.41, 5.74) is -0.0629. The van der Waals surface area contributed by atoms with E-state index >= 15 is 0 Å². The minimum absolute atomic E-state index is 0.00571. The summed E-state index contributed by atoms with van der Waals surface area (Å²) in [6, 6.07) is 2.27. The zero-order chi connectivity index (χ0) is 12.8. The molecule has 0 unspecified atom stereocenters. The predicted octanol–water partition coefficient (Wildman–Crippen LogP) is 2.67. The SMILES string of the molecule is C#CCOc1cc(NC(=O)CCl)c(F)cc1Cl. The highest BCUT2D eigenvalue weighted by molar-refractivity contribution is 6.32. The van der Waals surface area contributed by atoms with E-state index in [-0.39, 0.29) is 28.9 Å². The van der Waals surface area contributed by atoms with Crippen molar-refractivity contribution in [1.29, 1.82) is 0 Å². The molecule has 0 atom stereocenters. The third kappa shape index (κ3) is 3.81. The smallest absolute Gasteiger partial charge is 0.239 e. The van der Waals surface area contributed by atoms with Crippen molar-refractivity contribution in [2.24, 2.45) is 0 Å². The maximum atomic E-state index is 13.4. The average Bonchev–Trinajstić information content (AvgIpc) is 2.30. The van der Waals surface area contributed by atoms with Crippen LogP contribution in [-0.2, 0) is 4.79 Å². The first-order valence-corrected chi connectivity index (χ1v) is 5.41. The molecule has 0 saturated heterocycles. The zero-order valence-electron chi connectivity index (χ0n) is 8.60. The van der Waals surface area contributed by atoms with Crippen molar-refractivity contribution in [3.63, 3.8) is 0 Å². The van der Waals surface area contributed by atoms with Gasteiger partial charge in [0.25, 0.3) is 0 Å². The van der Waals surface area contributed by atoms with E-state index in [2.05, 4.69) is 11.2 Å². The maximum Gasteiger partial charge on any atom is 0.239 e. The minimum Gasteiger partial charge on any atom is -0.479 e. The number of anilines is 1. The van der Waals surface area contributed by atoms with Gasteiger partial charge in [0.1, 0.15) is 24.1 Å². The predicted molar refractivity (Wildman–Crippen MR) is 65.1 cm³/mol. The van der Waals surface area contributed by atoms with Crippen LogP contribution in [0.5, 0.6) is 5.75 Å². The Morgan fingerprint density at radius 3 is 2.88 bits per heavy atom. The molecule has 1 aromatic rings. The van der Waals surface area contributed by atoms with E-state index in [1.54, 1.807) is 0 Å². The van der Waals surface area contributed by atoms with Crippen LogP contribution < -0.4 is 10.1 Å². The Bertz CT molecular complexity index is 471. The summed E-state index contributed by atoms with van der Waals surface area (Å²) < 4.78 is 18.5. The third-order valence-electron chi connectivity index (χ3n) is 1.73. The van der Waals surface area contributed by atoms with Crippen LogP contribution in [0.2, 0.25) is 5.02 Å². The summed E-state index contributed by atoms with van der Waals surface area (Å²) in [5.74, 6) is 0.951. The summed E-state index contributed by atoms with van der Waals surface area (Å²) in [6.07, 6.45) is 5.02. The van der Waals surface area contributed by atoms with Crippen molar-refractivity contribution in [1.82, 2.24) is 0 Å². The lowest BCUT2D eigenvalue weighted by Crippen LogP contribution is -2.14. The number of carbonyl (C=O) groups excluding carboxylic acids is 1. The molecule has 17 heavy (non-hydrogen) atoms. The van der Waals surface area contributed by atoms with Gasteiger partial charge in [0.2, 0.25) is 5.91 Å². The number of hydrogen-bond acceptors (Lipinski definition) is 2. The van der Waals surface area contributed by atoms with Gasteiger partial charge in [-0.05, 0) is 6.07 Å². The number of carbonyl (C=O) groups is 1. The molecule has 1 N–H and O–H groups in total. The number of ether oxygens (including phenoxy) is 1. The van der Waals surface area contributed by atoms with Crippen LogP contribution in [0.15, 0.2) is 12.1 Å². The van der Waals surface area contributed by atoms with Gasteiger partial charge in [0.15, 0.2) is 0 Å². The molecular formula is C11H8Cl2FNO2. The van der Waals surface area contributed by atoms with Crippen LogP contribution in [0.1, 0.15) is 0 Å². The first kappa shape index (κ1) is 13.6. The maximum absolute atomic E-state index is 13.4. The molecule has 90 valence electrons. The molecule has 0 radical (unpaired) electrons. The largest absolute Gasteiger partial charge is 0.479 e. The fourth-order valence-corrected chi connectivity index (χ4v) is 1.31. The zero-order valence-corrected chi connectivity index (χ0v) is 10.1. The topological polar surface area (TPSA) is 38.3 Å². The van der Waals surface area contributed by atoms with Crippen molar-refractivity contribution in [3.8, 4) is 18.1 Å². The standard InChI is InChI=1S/C11H8Cl2FNO2/c1-2-3-17-10-5-9(15-11(16)6-12)8(14)4-7(10)13/h1,4-5H,3,6H2,(H,15,16). The molecule has 0 heterocycles. The van der Waals surface area contributed by atoms with Crippen molar-refractivity contribution in [3.05, 3.63) is 23.0 Å². The molecule has 0 spiro atoms. The van der Waals surface area contributed by atoms with Gasteiger partial charge < -0.3 is 10.1 Å². The summed E-state index contributed by atoms with van der Waals surface area (Å²) in [4.78, 5) is 11.0. The van der Waals surface area contributed by atoms with E-state index in [0.717, 1.165) is 6.07 Å². The van der Waals surface area contributed by atoms with Crippen LogP contribution in [0, 0.1) is 18.2 Å². The number of nitrogens with one attached hydrogen (secondary N) is 1. The first-order chi connectivity index (χ1) is 8.08. The second-order valence-electron chi connectivity index (χ2n) is 2.94. The highest BCUT2D eigenvalue weighted by Gasteiger charge is 2.11. The monoisotopic (exact) mass is 275 g/mol. The average molecular weight is 276 g/mol. The Hall–Kier alpha value is -1.44. The van der Waals surface area contributed by atoms with Crippen LogP contribution in [0.3, 0.4) is 0 Å². The molecule has 0 saturated carbocycles. The first-order valence-electron chi connectivity index (χ1n) is 4.49. The van der Waals surface area contributed by atoms with E-state index in [1.165, 1.54) is 6.07 Å². The number of rotatable bonds is 4. The molecule has 0 aliphatic heterocycles. The highest BCUT2D eigenvalue weighted by atomic mass is 35.5. The van der Waals surface area contributed by atoms with E-state index < -0.39 is 11.7 Å². The van der Waals surface area contributed by atoms with Gasteiger partial charge >= 0.3 is 0 Å². The highest BCUT2D eigenvalue weighted by Crippen LogP contribution is 2.30. The molecule has 0 fully saturated rings. The molecule has 0 bridgehead atoms. The van der Waals surface area contributed by atoms with Gasteiger partial charge in [-0.3, -0.25) is 4.79 Å². The van der Waals surface area contributed by atoms with Crippen LogP contribution in [-0.4, -0.2) is 18.4 Å². The van der Waals surface area contributed by atoms with Crippen molar-refractivity contribution < 1.29 is 13.9 Å². The van der Waals surface area contributed by atoms with Crippen molar-refractivity contribution in [2.75, 3.05) is 17.8 Å². The minimum atomic E-state index is -0.679. The summed E-state index contributed by atoms with van der Waals surface area (Å²) >= 11 is 11.0. The second kappa shape index (κ2) is 6.33. The molecule has 3 nitrogen and oxygen atoms in total. The summed E-state index contributed by atoms with van der Waals surface area (Å²) in [7, 11) is 0. The Kier molecular flexibility index (Phi) is 5.08. The molecule has 0 aliphatic carbocycles. The van der Waals surface area contributed by atoms with Crippen molar-refractivity contribution in [2.45, 2.75) is 0 Å². The molecule has 1 amide bonds. The fraction of sp³-hybridized carbons (Fsp3) is 0.182. The molecule has 0 aromatic heterocycles. The lowest BCUT2D eigenvalue weighted by molar-refractivity contribution is -0.113. The summed E-state index contributed by atoms with van der Waals surface area (Å²) in [5, 5.41) is 2.34. The van der Waals surface area contributed by atoms with Gasteiger partial charge in [0, 0.05) is 6.07 Å². The van der Waals surface area contributed by atoms with E-state index in [4.69, 9.17) is 34.4 Å². The Morgan fingerprint density at radius 1 is 1.59 bits per heavy atom. The Balaban J connectivity index is 2.97. The number of benzene rings is 1. The van der Waals surface area contributed by atoms with Gasteiger partial charge in [0.05, 0.1) is 10.7 Å². The quantitative estimate of drug-likeness (QED) is 0.678. The summed E-state index contributed by atoms with van der Waals surface area (Å²) in [6.45, 7) is -0.00571. The normalized spacial score (nSPS) is 9.53. The Labute approximate surface area is 108 Å². The van der Waals surface area contributed by atoms with E-state index in [9.17, 15) is 9.18 Å². The molecule has 1 rings (SSSR count). The second-order valence-corrected chi connectivity index (χ2v) is 3.61. The van der Waals surface area contributed by atoms with Gasteiger partial charge in [-0.1, -0.05) is 17.5 Å². The number of halogens is 3.